The highest BCUT2D eigenvalue weighted by Crippen LogP contribution is 1.97. The average Bonchev–Trinajstić information content (AvgIpc) is 2.29. The lowest BCUT2D eigenvalue weighted by Gasteiger charge is -2.09. The van der Waals surface area contributed by atoms with Crippen molar-refractivity contribution in [1.29, 1.82) is 0 Å². The van der Waals surface area contributed by atoms with E-state index in [-0.39, 0.29) is 12.0 Å². The third kappa shape index (κ3) is 4.08. The van der Waals surface area contributed by atoms with Crippen molar-refractivity contribution < 1.29 is 9.53 Å². The highest BCUT2D eigenvalue weighted by Gasteiger charge is 2.05. The topological polar surface area (TPSA) is 51.2 Å². The first-order valence-corrected chi connectivity index (χ1v) is 4.95. The van der Waals surface area contributed by atoms with E-state index in [1.807, 2.05) is 6.92 Å². The maximum Gasteiger partial charge on any atom is 0.252 e. The molecule has 0 spiro atoms. The van der Waals surface area contributed by atoms with Gasteiger partial charge in [0.1, 0.15) is 0 Å². The third-order valence-corrected chi connectivity index (χ3v) is 2.16. The molecule has 1 heterocycles. The monoisotopic (exact) mass is 208 g/mol. The van der Waals surface area contributed by atoms with Gasteiger partial charge in [0.25, 0.3) is 5.91 Å². The van der Waals surface area contributed by atoms with Crippen LogP contribution in [0.4, 0.5) is 0 Å². The van der Waals surface area contributed by atoms with Crippen molar-refractivity contribution >= 4 is 5.91 Å². The number of hydrogen-bond donors (Lipinski definition) is 1. The number of carbonyl (C=O) groups excluding carboxylic acids is 1. The van der Waals surface area contributed by atoms with Gasteiger partial charge in [0.05, 0.1) is 11.7 Å². The van der Waals surface area contributed by atoms with Crippen molar-refractivity contribution in [2.75, 3.05) is 13.7 Å². The number of methoxy groups -OCH3 is 1. The van der Waals surface area contributed by atoms with Crippen molar-refractivity contribution in [3.8, 4) is 0 Å². The number of carbonyl (C=O) groups is 1. The van der Waals surface area contributed by atoms with Crippen molar-refractivity contribution in [3.63, 3.8) is 0 Å². The van der Waals surface area contributed by atoms with Crippen LogP contribution in [0.3, 0.4) is 0 Å². The number of rotatable bonds is 5. The first kappa shape index (κ1) is 11.7. The quantitative estimate of drug-likeness (QED) is 0.792. The summed E-state index contributed by atoms with van der Waals surface area (Å²) >= 11 is 0. The van der Waals surface area contributed by atoms with Crippen LogP contribution in [-0.2, 0) is 4.74 Å². The fourth-order valence-electron chi connectivity index (χ4n) is 1.11. The van der Waals surface area contributed by atoms with Crippen LogP contribution >= 0.6 is 0 Å². The highest BCUT2D eigenvalue weighted by molar-refractivity contribution is 5.93. The van der Waals surface area contributed by atoms with E-state index >= 15 is 0 Å². The Kier molecular flexibility index (Phi) is 4.77. The largest absolute Gasteiger partial charge is 0.382 e. The number of pyridine rings is 1. The number of aromatic nitrogens is 1. The summed E-state index contributed by atoms with van der Waals surface area (Å²) in [6, 6.07) is 3.48. The summed E-state index contributed by atoms with van der Waals surface area (Å²) in [6.07, 6.45) is 4.17. The van der Waals surface area contributed by atoms with Gasteiger partial charge in [-0.25, -0.2) is 0 Å². The molecule has 0 aliphatic heterocycles. The van der Waals surface area contributed by atoms with Crippen molar-refractivity contribution in [2.45, 2.75) is 19.4 Å². The Balaban J connectivity index is 2.31. The predicted molar refractivity (Wildman–Crippen MR) is 57.7 cm³/mol. The van der Waals surface area contributed by atoms with E-state index in [1.165, 1.54) is 0 Å². The van der Waals surface area contributed by atoms with Gasteiger partial charge in [-0.1, -0.05) is 0 Å². The molecule has 4 nitrogen and oxygen atoms in total. The zero-order valence-corrected chi connectivity index (χ0v) is 9.06. The van der Waals surface area contributed by atoms with Crippen molar-refractivity contribution in [3.05, 3.63) is 30.1 Å². The van der Waals surface area contributed by atoms with Gasteiger partial charge >= 0.3 is 0 Å². The minimum absolute atomic E-state index is 0.0913. The van der Waals surface area contributed by atoms with Crippen LogP contribution in [0, 0.1) is 0 Å². The predicted octanol–water partition coefficient (Wildman–Crippen LogP) is 1.24. The van der Waals surface area contributed by atoms with Gasteiger partial charge in [0, 0.05) is 26.0 Å². The van der Waals surface area contributed by atoms with Crippen LogP contribution in [0.2, 0.25) is 0 Å². The number of nitrogens with zero attached hydrogens (tertiary/aromatic N) is 1. The molecule has 0 aliphatic carbocycles. The second-order valence-corrected chi connectivity index (χ2v) is 3.33. The molecule has 1 atom stereocenters. The van der Waals surface area contributed by atoms with E-state index in [1.54, 1.807) is 31.6 Å². The lowest BCUT2D eigenvalue weighted by molar-refractivity contribution is 0.0917. The number of hydrogen-bond acceptors (Lipinski definition) is 3. The lowest BCUT2D eigenvalue weighted by Crippen LogP contribution is -2.26. The lowest BCUT2D eigenvalue weighted by atomic mass is 10.2. The molecule has 0 radical (unpaired) electrons. The molecule has 0 fully saturated rings. The fourth-order valence-corrected chi connectivity index (χ4v) is 1.11. The highest BCUT2D eigenvalue weighted by atomic mass is 16.5. The third-order valence-electron chi connectivity index (χ3n) is 2.16. The Morgan fingerprint density at radius 2 is 2.47 bits per heavy atom. The molecule has 1 rings (SSSR count). The molecule has 1 unspecified atom stereocenters. The van der Waals surface area contributed by atoms with E-state index in [4.69, 9.17) is 4.74 Å². The van der Waals surface area contributed by atoms with E-state index in [9.17, 15) is 4.79 Å². The van der Waals surface area contributed by atoms with Crippen molar-refractivity contribution in [2.24, 2.45) is 0 Å². The molecule has 1 amide bonds. The van der Waals surface area contributed by atoms with E-state index in [0.717, 1.165) is 6.42 Å². The molecule has 1 aromatic heterocycles. The smallest absolute Gasteiger partial charge is 0.252 e. The Morgan fingerprint density at radius 1 is 1.67 bits per heavy atom. The van der Waals surface area contributed by atoms with Gasteiger partial charge < -0.3 is 10.1 Å². The maximum atomic E-state index is 11.5. The second kappa shape index (κ2) is 6.14. The summed E-state index contributed by atoms with van der Waals surface area (Å²) in [4.78, 5) is 15.4. The molecule has 0 aliphatic rings. The van der Waals surface area contributed by atoms with Crippen LogP contribution < -0.4 is 5.32 Å². The van der Waals surface area contributed by atoms with Crippen molar-refractivity contribution in [1.82, 2.24) is 10.3 Å². The van der Waals surface area contributed by atoms with Crippen LogP contribution in [0.1, 0.15) is 23.7 Å². The fraction of sp³-hybridized carbons (Fsp3) is 0.455. The summed E-state index contributed by atoms with van der Waals surface area (Å²) in [6.45, 7) is 2.58. The second-order valence-electron chi connectivity index (χ2n) is 3.33. The molecule has 0 bridgehead atoms. The summed E-state index contributed by atoms with van der Waals surface area (Å²) in [5.41, 5.74) is 0.586. The average molecular weight is 208 g/mol. The Morgan fingerprint density at radius 3 is 3.07 bits per heavy atom. The molecular formula is C11H16N2O2. The Labute approximate surface area is 89.7 Å². The minimum Gasteiger partial charge on any atom is -0.382 e. The maximum absolute atomic E-state index is 11.5. The van der Waals surface area contributed by atoms with Crippen LogP contribution in [0.5, 0.6) is 0 Å². The van der Waals surface area contributed by atoms with Gasteiger partial charge in [-0.3, -0.25) is 9.78 Å². The van der Waals surface area contributed by atoms with Crippen LogP contribution in [0.15, 0.2) is 24.5 Å². The molecule has 0 saturated heterocycles. The zero-order chi connectivity index (χ0) is 11.1. The van der Waals surface area contributed by atoms with Gasteiger partial charge in [-0.2, -0.15) is 0 Å². The number of amides is 1. The molecule has 1 aromatic rings. The van der Waals surface area contributed by atoms with Crippen LogP contribution in [0.25, 0.3) is 0 Å². The van der Waals surface area contributed by atoms with Gasteiger partial charge in [0.15, 0.2) is 0 Å². The summed E-state index contributed by atoms with van der Waals surface area (Å²) in [5.74, 6) is -0.0913. The first-order valence-electron chi connectivity index (χ1n) is 4.95. The standard InChI is InChI=1S/C11H16N2O2/c1-9(15-2)5-7-13-11(14)10-4-3-6-12-8-10/h3-4,6,8-9H,5,7H2,1-2H3,(H,13,14). The molecule has 4 heteroatoms. The molecule has 15 heavy (non-hydrogen) atoms. The van der Waals surface area contributed by atoms with E-state index in [0.29, 0.717) is 12.1 Å². The Hall–Kier alpha value is -1.42. The van der Waals surface area contributed by atoms with Gasteiger partial charge in [0.2, 0.25) is 0 Å². The number of ether oxygens (including phenoxy) is 1. The number of nitrogens with one attached hydrogen (secondary N) is 1. The molecule has 0 saturated carbocycles. The molecule has 1 N–H and O–H groups in total. The SMILES string of the molecule is COC(C)CCNC(=O)c1cccnc1. The normalized spacial score (nSPS) is 12.1. The van der Waals surface area contributed by atoms with E-state index in [2.05, 4.69) is 10.3 Å². The molecule has 82 valence electrons. The van der Waals surface area contributed by atoms with Crippen LogP contribution in [-0.4, -0.2) is 30.6 Å². The summed E-state index contributed by atoms with van der Waals surface area (Å²) in [5, 5.41) is 2.81. The zero-order valence-electron chi connectivity index (χ0n) is 9.06. The first-order chi connectivity index (χ1) is 7.24. The summed E-state index contributed by atoms with van der Waals surface area (Å²) in [7, 11) is 1.66. The van der Waals surface area contributed by atoms with E-state index < -0.39 is 0 Å². The molecular weight excluding hydrogens is 192 g/mol. The Bertz CT molecular complexity index is 301. The summed E-state index contributed by atoms with van der Waals surface area (Å²) < 4.78 is 5.07. The molecule has 0 aromatic carbocycles. The minimum atomic E-state index is -0.0913. The van der Waals surface area contributed by atoms with Gasteiger partial charge in [-0.15, -0.1) is 0 Å². The van der Waals surface area contributed by atoms with Gasteiger partial charge in [-0.05, 0) is 25.5 Å².